The Hall–Kier alpha value is -3.33. The number of urea groups is 1. The van der Waals surface area contributed by atoms with Crippen molar-refractivity contribution in [1.29, 1.82) is 0 Å². The fourth-order valence-electron chi connectivity index (χ4n) is 3.64. The zero-order valence-electron chi connectivity index (χ0n) is 21.9. The molecule has 0 aliphatic heterocycles. The van der Waals surface area contributed by atoms with Gasteiger partial charge in [-0.1, -0.05) is 56.3 Å². The molecule has 0 atom stereocenters. The van der Waals surface area contributed by atoms with E-state index in [1.54, 1.807) is 37.8 Å². The summed E-state index contributed by atoms with van der Waals surface area (Å²) in [5, 5.41) is 14.3. The molecule has 0 radical (unpaired) electrons. The molecule has 202 valence electrons. The average molecular weight is 534 g/mol. The second-order valence-corrected chi connectivity index (χ2v) is 9.60. The van der Waals surface area contributed by atoms with Gasteiger partial charge < -0.3 is 19.7 Å². The molecule has 2 amide bonds. The van der Waals surface area contributed by atoms with Crippen molar-refractivity contribution in [1.82, 2.24) is 4.90 Å². The van der Waals surface area contributed by atoms with Crippen LogP contribution in [0, 0.1) is 10.1 Å². The molecule has 0 aliphatic carbocycles. The molecule has 0 heterocycles. The van der Waals surface area contributed by atoms with Crippen molar-refractivity contribution < 1.29 is 24.0 Å². The van der Waals surface area contributed by atoms with Crippen LogP contribution in [0.2, 0.25) is 5.02 Å². The van der Waals surface area contributed by atoms with E-state index in [1.165, 1.54) is 18.2 Å². The Bertz CT molecular complexity index is 1060. The van der Waals surface area contributed by atoms with Gasteiger partial charge in [-0.3, -0.25) is 10.1 Å². The summed E-state index contributed by atoms with van der Waals surface area (Å²) in [6.45, 7) is 8.20. The van der Waals surface area contributed by atoms with Crippen LogP contribution in [0.15, 0.2) is 42.5 Å². The zero-order valence-corrected chi connectivity index (χ0v) is 22.7. The van der Waals surface area contributed by atoms with Crippen LogP contribution in [0.3, 0.4) is 0 Å². The van der Waals surface area contributed by atoms with Crippen molar-refractivity contribution in [3.63, 3.8) is 0 Å². The van der Waals surface area contributed by atoms with Crippen LogP contribution in [-0.4, -0.2) is 40.6 Å². The molecular formula is C27H36ClN3O6. The fourth-order valence-corrected chi connectivity index (χ4v) is 3.81. The standard InChI is InChI=1S/C27H36ClN3O6/c1-5-7-8-9-10-17-30(26(33)29-23-16-13-21(28)18-24(23)31(34)35)19-20-11-14-22(15-12-20)37-27(3,4)25(32)36-6-2/h11-16,18H,5-10,17,19H2,1-4H3,(H,29,33). The zero-order chi connectivity index (χ0) is 27.4. The lowest BCUT2D eigenvalue weighted by Gasteiger charge is -2.25. The highest BCUT2D eigenvalue weighted by Crippen LogP contribution is 2.28. The molecule has 0 bridgehead atoms. The summed E-state index contributed by atoms with van der Waals surface area (Å²) in [4.78, 5) is 37.8. The summed E-state index contributed by atoms with van der Waals surface area (Å²) in [5.41, 5.74) is -0.486. The number of nitro benzene ring substituents is 1. The van der Waals surface area contributed by atoms with E-state index in [9.17, 15) is 19.7 Å². The third kappa shape index (κ3) is 9.57. The lowest BCUT2D eigenvalue weighted by atomic mass is 10.1. The Balaban J connectivity index is 2.15. The van der Waals surface area contributed by atoms with Gasteiger partial charge in [0.15, 0.2) is 5.60 Å². The van der Waals surface area contributed by atoms with Gasteiger partial charge in [0, 0.05) is 24.2 Å². The molecule has 0 aliphatic rings. The lowest BCUT2D eigenvalue weighted by molar-refractivity contribution is -0.383. The summed E-state index contributed by atoms with van der Waals surface area (Å²) in [6, 6.07) is 10.8. The number of ether oxygens (including phenoxy) is 2. The molecule has 10 heteroatoms. The predicted octanol–water partition coefficient (Wildman–Crippen LogP) is 6.97. The smallest absolute Gasteiger partial charge is 0.349 e. The number of nitro groups is 1. The number of nitrogens with one attached hydrogen (secondary N) is 1. The van der Waals surface area contributed by atoms with Gasteiger partial charge >= 0.3 is 12.0 Å². The molecule has 0 unspecified atom stereocenters. The number of carbonyl (C=O) groups is 2. The van der Waals surface area contributed by atoms with Crippen LogP contribution in [0.4, 0.5) is 16.2 Å². The normalized spacial score (nSPS) is 11.1. The summed E-state index contributed by atoms with van der Waals surface area (Å²) in [5.74, 6) is 0.0375. The van der Waals surface area contributed by atoms with Crippen molar-refractivity contribution in [2.75, 3.05) is 18.5 Å². The summed E-state index contributed by atoms with van der Waals surface area (Å²) < 4.78 is 10.9. The number of anilines is 1. The Labute approximate surface area is 223 Å². The number of hydrogen-bond donors (Lipinski definition) is 1. The van der Waals surface area contributed by atoms with Gasteiger partial charge in [0.2, 0.25) is 0 Å². The molecule has 2 rings (SSSR count). The average Bonchev–Trinajstić information content (AvgIpc) is 2.85. The number of esters is 1. The molecule has 0 fully saturated rings. The van der Waals surface area contributed by atoms with Gasteiger partial charge in [0.05, 0.1) is 11.5 Å². The number of rotatable bonds is 14. The Morgan fingerprint density at radius 2 is 1.73 bits per heavy atom. The first kappa shape index (κ1) is 29.9. The number of carbonyl (C=O) groups excluding carboxylic acids is 2. The lowest BCUT2D eigenvalue weighted by Crippen LogP contribution is -2.39. The van der Waals surface area contributed by atoms with E-state index < -0.39 is 22.5 Å². The highest BCUT2D eigenvalue weighted by Gasteiger charge is 2.31. The minimum atomic E-state index is -1.14. The number of amides is 2. The molecule has 9 nitrogen and oxygen atoms in total. The van der Waals surface area contributed by atoms with Gasteiger partial charge in [-0.2, -0.15) is 0 Å². The minimum Gasteiger partial charge on any atom is -0.476 e. The molecule has 0 spiro atoms. The van der Waals surface area contributed by atoms with Crippen LogP contribution >= 0.6 is 11.6 Å². The maximum absolute atomic E-state index is 13.2. The van der Waals surface area contributed by atoms with Crippen molar-refractivity contribution >= 4 is 35.0 Å². The molecular weight excluding hydrogens is 498 g/mol. The fraction of sp³-hybridized carbons (Fsp3) is 0.481. The maximum Gasteiger partial charge on any atom is 0.349 e. The largest absolute Gasteiger partial charge is 0.476 e. The Morgan fingerprint density at radius 1 is 1.05 bits per heavy atom. The predicted molar refractivity (Wildman–Crippen MR) is 144 cm³/mol. The third-order valence-corrected chi connectivity index (χ3v) is 5.89. The van der Waals surface area contributed by atoms with Crippen molar-refractivity contribution in [3.8, 4) is 5.75 Å². The maximum atomic E-state index is 13.2. The summed E-state index contributed by atoms with van der Waals surface area (Å²) in [6.07, 6.45) is 5.12. The number of hydrogen-bond acceptors (Lipinski definition) is 6. The van der Waals surface area contributed by atoms with E-state index in [2.05, 4.69) is 12.2 Å². The number of unbranched alkanes of at least 4 members (excludes halogenated alkanes) is 4. The van der Waals surface area contributed by atoms with Gasteiger partial charge in [-0.15, -0.1) is 0 Å². The van der Waals surface area contributed by atoms with Crippen LogP contribution < -0.4 is 10.1 Å². The Kier molecular flexibility index (Phi) is 11.7. The minimum absolute atomic E-state index is 0.0836. The molecule has 0 saturated carbocycles. The van der Waals surface area contributed by atoms with E-state index in [4.69, 9.17) is 21.1 Å². The molecule has 0 saturated heterocycles. The molecule has 2 aromatic carbocycles. The first-order valence-corrected chi connectivity index (χ1v) is 12.9. The first-order chi connectivity index (χ1) is 17.6. The van der Waals surface area contributed by atoms with Crippen molar-refractivity contribution in [2.45, 2.75) is 71.9 Å². The number of halogens is 1. The number of benzene rings is 2. The van der Waals surface area contributed by atoms with E-state index in [0.29, 0.717) is 18.8 Å². The number of nitrogens with zero attached hydrogens (tertiary/aromatic N) is 2. The molecule has 2 aromatic rings. The van der Waals surface area contributed by atoms with Gasteiger partial charge in [0.1, 0.15) is 11.4 Å². The molecule has 1 N–H and O–H groups in total. The second kappa shape index (κ2) is 14.4. The quantitative estimate of drug-likeness (QED) is 0.121. The van der Waals surface area contributed by atoms with E-state index in [1.807, 2.05) is 12.1 Å². The van der Waals surface area contributed by atoms with Gasteiger partial charge in [0.25, 0.3) is 5.69 Å². The van der Waals surface area contributed by atoms with Crippen LogP contribution in [0.1, 0.15) is 65.4 Å². The molecule has 0 aromatic heterocycles. The topological polar surface area (TPSA) is 111 Å². The van der Waals surface area contributed by atoms with Gasteiger partial charge in [-0.25, -0.2) is 9.59 Å². The van der Waals surface area contributed by atoms with Crippen molar-refractivity contribution in [2.24, 2.45) is 0 Å². The van der Waals surface area contributed by atoms with E-state index in [0.717, 1.165) is 37.7 Å². The third-order valence-electron chi connectivity index (χ3n) is 5.65. The highest BCUT2D eigenvalue weighted by molar-refractivity contribution is 6.31. The van der Waals surface area contributed by atoms with Crippen LogP contribution in [-0.2, 0) is 16.1 Å². The van der Waals surface area contributed by atoms with Gasteiger partial charge in [-0.05, 0) is 57.0 Å². The molecule has 37 heavy (non-hydrogen) atoms. The summed E-state index contributed by atoms with van der Waals surface area (Å²) in [7, 11) is 0. The summed E-state index contributed by atoms with van der Waals surface area (Å²) >= 11 is 5.90. The SMILES string of the molecule is CCCCCCCN(Cc1ccc(OC(C)(C)C(=O)OCC)cc1)C(=O)Nc1ccc(Cl)cc1[N+](=O)[O-]. The highest BCUT2D eigenvalue weighted by atomic mass is 35.5. The van der Waals surface area contributed by atoms with Crippen molar-refractivity contribution in [3.05, 3.63) is 63.2 Å². The van der Waals surface area contributed by atoms with E-state index in [-0.39, 0.29) is 23.0 Å². The first-order valence-electron chi connectivity index (χ1n) is 12.5. The second-order valence-electron chi connectivity index (χ2n) is 9.16. The monoisotopic (exact) mass is 533 g/mol. The van der Waals surface area contributed by atoms with Crippen LogP contribution in [0.25, 0.3) is 0 Å². The Morgan fingerprint density at radius 3 is 2.35 bits per heavy atom. The van der Waals surface area contributed by atoms with E-state index >= 15 is 0 Å². The van der Waals surface area contributed by atoms with Crippen LogP contribution in [0.5, 0.6) is 5.75 Å².